The van der Waals surface area contributed by atoms with E-state index in [1.165, 1.54) is 0 Å². The second kappa shape index (κ2) is 16.6. The van der Waals surface area contributed by atoms with Crippen molar-refractivity contribution in [3.63, 3.8) is 0 Å². The molecule has 0 aromatic carbocycles. The van der Waals surface area contributed by atoms with E-state index in [1.807, 2.05) is 20.8 Å². The molecule has 116 valence electrons. The zero-order valence-corrected chi connectivity index (χ0v) is 14.8. The molecule has 0 rings (SSSR count). The maximum absolute atomic E-state index is 5.61. The quantitative estimate of drug-likeness (QED) is 0.309. The fourth-order valence-corrected chi connectivity index (χ4v) is 3.61. The molecule has 0 radical (unpaired) electrons. The third-order valence-electron chi connectivity index (χ3n) is 1.89. The zero-order valence-electron chi connectivity index (χ0n) is 12.3. The van der Waals surface area contributed by atoms with Gasteiger partial charge in [0.1, 0.15) is 0 Å². The van der Waals surface area contributed by atoms with E-state index in [4.69, 9.17) is 23.3 Å². The molecule has 0 amide bonds. The van der Waals surface area contributed by atoms with Crippen LogP contribution in [0.3, 0.4) is 0 Å². The Labute approximate surface area is 125 Å². The summed E-state index contributed by atoms with van der Waals surface area (Å²) in [5.74, 6) is 0. The Kier molecular flexibility index (Phi) is 17.1. The van der Waals surface area contributed by atoms with E-state index in [9.17, 15) is 0 Å². The van der Waals surface area contributed by atoms with Crippen LogP contribution in [-0.4, -0.2) is 80.9 Å². The summed E-state index contributed by atoms with van der Waals surface area (Å²) in [7, 11) is 0. The van der Waals surface area contributed by atoms with E-state index >= 15 is 0 Å². The molecule has 0 saturated heterocycles. The Balaban J connectivity index is 3.66. The third kappa shape index (κ3) is 14.8. The summed E-state index contributed by atoms with van der Waals surface area (Å²) < 4.78 is 32.5. The molecule has 7 heteroatoms. The molecule has 0 saturated carbocycles. The molecule has 0 aliphatic carbocycles. The van der Waals surface area contributed by atoms with Gasteiger partial charge in [-0.15, -0.1) is 0 Å². The molecule has 0 aromatic rings. The van der Waals surface area contributed by atoms with Gasteiger partial charge in [0.15, 0.2) is 0 Å². The van der Waals surface area contributed by atoms with Crippen LogP contribution in [0.1, 0.15) is 20.8 Å². The number of hydrogen-bond donors (Lipinski definition) is 0. The van der Waals surface area contributed by atoms with Crippen molar-refractivity contribution < 1.29 is 23.3 Å². The van der Waals surface area contributed by atoms with Gasteiger partial charge in [-0.25, -0.2) is 0 Å². The summed E-state index contributed by atoms with van der Waals surface area (Å²) in [6, 6.07) is 0. The van der Waals surface area contributed by atoms with Crippen LogP contribution in [0.25, 0.3) is 0 Å². The third-order valence-corrected chi connectivity index (χ3v) is 5.25. The molecule has 0 N–H and O–H groups in total. The summed E-state index contributed by atoms with van der Waals surface area (Å²) >= 11 is -2.55. The summed E-state index contributed by atoms with van der Waals surface area (Å²) in [6.07, 6.45) is 0. The Morgan fingerprint density at radius 2 is 0.842 bits per heavy atom. The molecular weight excluding hydrogens is 362 g/mol. The average molecular weight is 389 g/mol. The normalized spacial score (nSPS) is 11.4. The molecule has 19 heavy (non-hydrogen) atoms. The molecule has 0 atom stereocenters. The van der Waals surface area contributed by atoms with E-state index in [2.05, 4.69) is 0 Å². The Bertz CT molecular complexity index is 144. The molecule has 0 unspecified atom stereocenters. The molecule has 0 aromatic heterocycles. The molecule has 0 bridgehead atoms. The molecule has 0 heterocycles. The molecule has 6 nitrogen and oxygen atoms in total. The van der Waals surface area contributed by atoms with Crippen molar-refractivity contribution in [2.24, 2.45) is 0 Å². The van der Waals surface area contributed by atoms with Crippen LogP contribution in [0, 0.1) is 0 Å². The fraction of sp³-hybridized carbons (Fsp3) is 1.00. The van der Waals surface area contributed by atoms with Crippen molar-refractivity contribution in [3.05, 3.63) is 0 Å². The van der Waals surface area contributed by atoms with Gasteiger partial charge in [-0.05, 0) is 0 Å². The topological polar surface area (TPSA) is 55.4 Å². The second-order valence-electron chi connectivity index (χ2n) is 3.31. The van der Waals surface area contributed by atoms with Crippen LogP contribution < -0.4 is 0 Å². The van der Waals surface area contributed by atoms with Crippen molar-refractivity contribution in [1.82, 2.24) is 0 Å². The van der Waals surface area contributed by atoms with Gasteiger partial charge in [-0.1, -0.05) is 0 Å². The van der Waals surface area contributed by atoms with Crippen molar-refractivity contribution >= 4 is 21.5 Å². The zero-order chi connectivity index (χ0) is 14.2. The Hall–Kier alpha value is 0.578. The first-order valence-electron chi connectivity index (χ1n) is 6.77. The van der Waals surface area contributed by atoms with Crippen LogP contribution in [-0.2, 0) is 23.3 Å². The van der Waals surface area contributed by atoms with Crippen LogP contribution in [0.4, 0.5) is 0 Å². The first-order chi connectivity index (χ1) is 9.35. The van der Waals surface area contributed by atoms with Crippen molar-refractivity contribution in [2.45, 2.75) is 20.8 Å². The summed E-state index contributed by atoms with van der Waals surface area (Å²) in [5.41, 5.74) is 0. The van der Waals surface area contributed by atoms with Crippen molar-refractivity contribution in [3.8, 4) is 0 Å². The maximum atomic E-state index is 5.61. The van der Waals surface area contributed by atoms with Crippen LogP contribution in [0.15, 0.2) is 0 Å². The van der Waals surface area contributed by atoms with Crippen molar-refractivity contribution in [1.29, 1.82) is 0 Å². The SMILES string of the molecule is CCOCC[O][Sb]([O]CCOCC)[O]CCOCC. The molecule has 0 aliphatic rings. The minimum absolute atomic E-state index is 0.514. The minimum atomic E-state index is -2.55. The van der Waals surface area contributed by atoms with Gasteiger partial charge in [0.05, 0.1) is 0 Å². The average Bonchev–Trinajstić information content (AvgIpc) is 2.43. The molecule has 0 aliphatic heterocycles. The van der Waals surface area contributed by atoms with E-state index in [1.54, 1.807) is 0 Å². The summed E-state index contributed by atoms with van der Waals surface area (Å²) in [5, 5.41) is 0. The van der Waals surface area contributed by atoms with Gasteiger partial charge in [-0.2, -0.15) is 0 Å². The second-order valence-corrected chi connectivity index (χ2v) is 6.80. The van der Waals surface area contributed by atoms with Gasteiger partial charge in [-0.3, -0.25) is 0 Å². The number of hydrogen-bond acceptors (Lipinski definition) is 6. The Morgan fingerprint density at radius 3 is 1.11 bits per heavy atom. The predicted molar refractivity (Wildman–Crippen MR) is 73.1 cm³/mol. The fourth-order valence-electron chi connectivity index (χ4n) is 1.06. The Morgan fingerprint density at radius 1 is 0.526 bits per heavy atom. The van der Waals surface area contributed by atoms with E-state index < -0.39 is 21.5 Å². The molecule has 0 spiro atoms. The van der Waals surface area contributed by atoms with Crippen LogP contribution in [0.5, 0.6) is 0 Å². The van der Waals surface area contributed by atoms with Gasteiger partial charge in [0.2, 0.25) is 0 Å². The summed E-state index contributed by atoms with van der Waals surface area (Å²) in [6.45, 7) is 11.2. The van der Waals surface area contributed by atoms with E-state index in [0.29, 0.717) is 59.5 Å². The predicted octanol–water partition coefficient (Wildman–Crippen LogP) is 1.13. The van der Waals surface area contributed by atoms with Gasteiger partial charge in [0, 0.05) is 0 Å². The molecular formula is C12H27O6Sb. The van der Waals surface area contributed by atoms with E-state index in [0.717, 1.165) is 0 Å². The van der Waals surface area contributed by atoms with Crippen LogP contribution in [0.2, 0.25) is 0 Å². The van der Waals surface area contributed by atoms with Crippen molar-refractivity contribution in [2.75, 3.05) is 59.5 Å². The number of rotatable bonds is 15. The van der Waals surface area contributed by atoms with Gasteiger partial charge < -0.3 is 0 Å². The van der Waals surface area contributed by atoms with Gasteiger partial charge >= 0.3 is 125 Å². The van der Waals surface area contributed by atoms with E-state index in [-0.39, 0.29) is 0 Å². The van der Waals surface area contributed by atoms with Crippen LogP contribution >= 0.6 is 0 Å². The van der Waals surface area contributed by atoms with Gasteiger partial charge in [0.25, 0.3) is 0 Å². The monoisotopic (exact) mass is 388 g/mol. The first kappa shape index (κ1) is 19.6. The standard InChI is InChI=1S/3C4H9O2.Sb/c3*1-2-6-4-3-5;/h3*2-4H2,1H3;/q3*-1;+3. The number of ether oxygens (including phenoxy) is 3. The molecule has 0 fully saturated rings. The first-order valence-corrected chi connectivity index (χ1v) is 9.89. The summed E-state index contributed by atoms with van der Waals surface area (Å²) in [4.78, 5) is 0.